The summed E-state index contributed by atoms with van der Waals surface area (Å²) in [4.78, 5) is 23.6. The van der Waals surface area contributed by atoms with E-state index in [4.69, 9.17) is 11.5 Å². The minimum atomic E-state index is -0.582. The van der Waals surface area contributed by atoms with E-state index in [-0.39, 0.29) is 11.3 Å². The van der Waals surface area contributed by atoms with E-state index >= 15 is 0 Å². The van der Waals surface area contributed by atoms with Gasteiger partial charge in [-0.2, -0.15) is 0 Å². The molecule has 2 aromatic rings. The number of hydrogen-bond donors (Lipinski definition) is 2. The zero-order chi connectivity index (χ0) is 13.1. The Morgan fingerprint density at radius 2 is 2.17 bits per heavy atom. The second-order valence-electron chi connectivity index (χ2n) is 3.56. The molecule has 6 nitrogen and oxygen atoms in total. The third-order valence-electron chi connectivity index (χ3n) is 2.14. The minimum absolute atomic E-state index is 0.250. The van der Waals surface area contributed by atoms with Crippen LogP contribution in [-0.2, 0) is 0 Å². The maximum absolute atomic E-state index is 11.2. The molecular weight excluding hydrogens is 250 g/mol. The van der Waals surface area contributed by atoms with Crippen LogP contribution in [0, 0.1) is 6.92 Å². The Kier molecular flexibility index (Phi) is 3.42. The van der Waals surface area contributed by atoms with Gasteiger partial charge in [-0.05, 0) is 30.8 Å². The molecule has 0 saturated heterocycles. The van der Waals surface area contributed by atoms with Crippen molar-refractivity contribution in [1.29, 1.82) is 0 Å². The lowest BCUT2D eigenvalue weighted by Crippen LogP contribution is -2.13. The summed E-state index contributed by atoms with van der Waals surface area (Å²) in [6.07, 6.45) is 3.06. The fourth-order valence-electron chi connectivity index (χ4n) is 1.28. The van der Waals surface area contributed by atoms with Crippen molar-refractivity contribution >= 4 is 23.4 Å². The number of aromatic nitrogens is 3. The van der Waals surface area contributed by atoms with E-state index in [1.54, 1.807) is 12.3 Å². The van der Waals surface area contributed by atoms with Gasteiger partial charge in [0.1, 0.15) is 5.03 Å². The highest BCUT2D eigenvalue weighted by molar-refractivity contribution is 7.99. The SMILES string of the molecule is Cc1ccnc(Sc2cc(C(N)=O)c(N)cn2)n1. The molecule has 0 unspecified atom stereocenters. The van der Waals surface area contributed by atoms with Crippen LogP contribution in [0.15, 0.2) is 34.7 Å². The van der Waals surface area contributed by atoms with Crippen LogP contribution in [-0.4, -0.2) is 20.9 Å². The molecule has 2 rings (SSSR count). The zero-order valence-corrected chi connectivity index (χ0v) is 10.4. The highest BCUT2D eigenvalue weighted by Crippen LogP contribution is 2.24. The van der Waals surface area contributed by atoms with Gasteiger partial charge in [-0.1, -0.05) is 0 Å². The van der Waals surface area contributed by atoms with E-state index in [0.717, 1.165) is 5.69 Å². The van der Waals surface area contributed by atoms with Crippen LogP contribution < -0.4 is 11.5 Å². The largest absolute Gasteiger partial charge is 0.397 e. The van der Waals surface area contributed by atoms with E-state index in [2.05, 4.69) is 15.0 Å². The third-order valence-corrected chi connectivity index (χ3v) is 2.96. The van der Waals surface area contributed by atoms with Crippen LogP contribution in [0.1, 0.15) is 16.1 Å². The lowest BCUT2D eigenvalue weighted by Gasteiger charge is -2.04. The second-order valence-corrected chi connectivity index (χ2v) is 4.54. The molecule has 1 amide bonds. The summed E-state index contributed by atoms with van der Waals surface area (Å²) in [6, 6.07) is 3.34. The molecule has 0 atom stereocenters. The van der Waals surface area contributed by atoms with E-state index in [1.807, 2.05) is 6.92 Å². The van der Waals surface area contributed by atoms with Crippen LogP contribution in [0.25, 0.3) is 0 Å². The first-order chi connectivity index (χ1) is 8.56. The monoisotopic (exact) mass is 261 g/mol. The lowest BCUT2D eigenvalue weighted by molar-refractivity contribution is 0.100. The average Bonchev–Trinajstić information content (AvgIpc) is 2.31. The molecule has 0 fully saturated rings. The first-order valence-corrected chi connectivity index (χ1v) is 5.91. The Bertz CT molecular complexity index is 602. The number of hydrogen-bond acceptors (Lipinski definition) is 6. The Morgan fingerprint density at radius 3 is 2.83 bits per heavy atom. The first-order valence-electron chi connectivity index (χ1n) is 5.09. The van der Waals surface area contributed by atoms with E-state index in [9.17, 15) is 4.79 Å². The van der Waals surface area contributed by atoms with Crippen LogP contribution in [0.3, 0.4) is 0 Å². The Labute approximate surface area is 108 Å². The fourth-order valence-corrected chi connectivity index (χ4v) is 2.06. The number of carbonyl (C=O) groups is 1. The normalized spacial score (nSPS) is 10.3. The highest BCUT2D eigenvalue weighted by atomic mass is 32.2. The van der Waals surface area contributed by atoms with E-state index in [1.165, 1.54) is 24.0 Å². The number of amides is 1. The Balaban J connectivity index is 2.30. The van der Waals surface area contributed by atoms with Crippen LogP contribution >= 0.6 is 11.8 Å². The number of pyridine rings is 1. The smallest absolute Gasteiger partial charge is 0.250 e. The van der Waals surface area contributed by atoms with Gasteiger partial charge in [0.15, 0.2) is 5.16 Å². The molecule has 18 heavy (non-hydrogen) atoms. The van der Waals surface area contributed by atoms with Gasteiger partial charge >= 0.3 is 0 Å². The van der Waals surface area contributed by atoms with Crippen molar-refractivity contribution in [2.45, 2.75) is 17.1 Å². The number of rotatable bonds is 3. The number of nitrogen functional groups attached to an aromatic ring is 1. The number of aryl methyl sites for hydroxylation is 1. The topological polar surface area (TPSA) is 108 Å². The van der Waals surface area contributed by atoms with Gasteiger partial charge in [-0.25, -0.2) is 15.0 Å². The van der Waals surface area contributed by atoms with Crippen LogP contribution in [0.5, 0.6) is 0 Å². The Hall–Kier alpha value is -2.15. The zero-order valence-electron chi connectivity index (χ0n) is 9.62. The summed E-state index contributed by atoms with van der Waals surface area (Å²) in [5.41, 5.74) is 12.2. The van der Waals surface area contributed by atoms with Crippen LogP contribution in [0.4, 0.5) is 5.69 Å². The van der Waals surface area contributed by atoms with Gasteiger partial charge < -0.3 is 11.5 Å². The molecule has 0 aliphatic rings. The molecular formula is C11H11N5OS. The first kappa shape index (κ1) is 12.3. The molecule has 0 spiro atoms. The van der Waals surface area contributed by atoms with Crippen LogP contribution in [0.2, 0.25) is 0 Å². The summed E-state index contributed by atoms with van der Waals surface area (Å²) in [7, 11) is 0. The van der Waals surface area contributed by atoms with Gasteiger partial charge in [0.2, 0.25) is 0 Å². The maximum atomic E-state index is 11.2. The lowest BCUT2D eigenvalue weighted by atomic mass is 10.2. The van der Waals surface area contributed by atoms with Gasteiger partial charge in [0.25, 0.3) is 5.91 Å². The van der Waals surface area contributed by atoms with Gasteiger partial charge in [0.05, 0.1) is 17.4 Å². The fraction of sp³-hybridized carbons (Fsp3) is 0.0909. The molecule has 2 heterocycles. The quantitative estimate of drug-likeness (QED) is 0.798. The highest BCUT2D eigenvalue weighted by Gasteiger charge is 2.09. The van der Waals surface area contributed by atoms with Crippen molar-refractivity contribution in [1.82, 2.24) is 15.0 Å². The predicted molar refractivity (Wildman–Crippen MR) is 68.1 cm³/mol. The van der Waals surface area contributed by atoms with Crippen molar-refractivity contribution in [3.05, 3.63) is 35.8 Å². The average molecular weight is 261 g/mol. The predicted octanol–water partition coefficient (Wildman–Crippen LogP) is 1.01. The maximum Gasteiger partial charge on any atom is 0.250 e. The molecule has 0 aromatic carbocycles. The summed E-state index contributed by atoms with van der Waals surface area (Å²) in [5, 5.41) is 1.13. The number of nitrogens with zero attached hydrogens (tertiary/aromatic N) is 3. The van der Waals surface area contributed by atoms with Crippen molar-refractivity contribution in [3.63, 3.8) is 0 Å². The number of nitrogens with two attached hydrogens (primary N) is 2. The summed E-state index contributed by atoms with van der Waals surface area (Å²) in [5.74, 6) is -0.582. The number of anilines is 1. The molecule has 4 N–H and O–H groups in total. The molecule has 0 saturated carbocycles. The molecule has 0 aliphatic heterocycles. The molecule has 0 radical (unpaired) electrons. The van der Waals surface area contributed by atoms with Gasteiger partial charge in [0, 0.05) is 11.9 Å². The molecule has 92 valence electrons. The Morgan fingerprint density at radius 1 is 1.39 bits per heavy atom. The molecule has 7 heteroatoms. The standard InChI is InChI=1S/C11H11N5OS/c1-6-2-3-14-11(16-6)18-9-4-7(10(13)17)8(12)5-15-9/h2-5H,12H2,1H3,(H2,13,17). The van der Waals surface area contributed by atoms with E-state index < -0.39 is 5.91 Å². The minimum Gasteiger partial charge on any atom is -0.397 e. The second kappa shape index (κ2) is 5.01. The third kappa shape index (κ3) is 2.75. The van der Waals surface area contributed by atoms with Crippen molar-refractivity contribution < 1.29 is 4.79 Å². The van der Waals surface area contributed by atoms with Crippen molar-refractivity contribution in [2.24, 2.45) is 5.73 Å². The molecule has 0 aliphatic carbocycles. The van der Waals surface area contributed by atoms with Crippen molar-refractivity contribution in [2.75, 3.05) is 5.73 Å². The number of carbonyl (C=O) groups excluding carboxylic acids is 1. The number of primary amides is 1. The summed E-state index contributed by atoms with van der Waals surface area (Å²) >= 11 is 1.25. The van der Waals surface area contributed by atoms with Crippen molar-refractivity contribution in [3.8, 4) is 0 Å². The summed E-state index contributed by atoms with van der Waals surface area (Å²) < 4.78 is 0. The van der Waals surface area contributed by atoms with E-state index in [0.29, 0.717) is 10.2 Å². The van der Waals surface area contributed by atoms with Gasteiger partial charge in [-0.3, -0.25) is 4.79 Å². The molecule has 2 aromatic heterocycles. The van der Waals surface area contributed by atoms with Gasteiger partial charge in [-0.15, -0.1) is 0 Å². The molecule has 0 bridgehead atoms. The summed E-state index contributed by atoms with van der Waals surface area (Å²) in [6.45, 7) is 1.87.